The minimum Gasteiger partial charge on any atom is -0.310 e. The van der Waals surface area contributed by atoms with Gasteiger partial charge in [-0.2, -0.15) is 0 Å². The molecule has 68 heavy (non-hydrogen) atoms. The summed E-state index contributed by atoms with van der Waals surface area (Å²) in [6.45, 7) is 4.46. The van der Waals surface area contributed by atoms with Gasteiger partial charge in [0.15, 0.2) is 0 Å². The van der Waals surface area contributed by atoms with Gasteiger partial charge in [-0.3, -0.25) is 0 Å². The Hall–Kier alpha value is -8.46. The fourth-order valence-electron chi connectivity index (χ4n) is 11.0. The smallest absolute Gasteiger partial charge is 0.0468 e. The molecule has 0 amide bonds. The van der Waals surface area contributed by atoms with Crippen LogP contribution in [-0.4, -0.2) is 0 Å². The number of fused-ring (bicyclic) bond motifs is 14. The van der Waals surface area contributed by atoms with E-state index in [1.54, 1.807) is 0 Å². The maximum Gasteiger partial charge on any atom is 0.0468 e. The Labute approximate surface area is 396 Å². The first-order valence-corrected chi connectivity index (χ1v) is 24.0. The van der Waals surface area contributed by atoms with Crippen LogP contribution in [0, 0.1) is 0 Å². The van der Waals surface area contributed by atoms with E-state index in [0.29, 0.717) is 0 Å². The summed E-state index contributed by atoms with van der Waals surface area (Å²) in [4.78, 5) is 4.86. The van der Waals surface area contributed by atoms with E-state index >= 15 is 0 Å². The number of aryl methyl sites for hydroxylation is 2. The van der Waals surface area contributed by atoms with E-state index in [1.165, 1.54) is 97.3 Å². The molecule has 0 aliphatic carbocycles. The topological polar surface area (TPSA) is 6.48 Å². The summed E-state index contributed by atoms with van der Waals surface area (Å²) in [5.41, 5.74) is 9.51. The maximum absolute atomic E-state index is 2.48. The molecular weight excluding hydrogens is 821 g/mol. The van der Waals surface area contributed by atoms with Gasteiger partial charge < -0.3 is 9.80 Å². The molecule has 322 valence electrons. The second kappa shape index (κ2) is 16.2. The summed E-state index contributed by atoms with van der Waals surface area (Å²) in [7, 11) is 0. The van der Waals surface area contributed by atoms with Crippen molar-refractivity contribution in [3.05, 3.63) is 242 Å². The van der Waals surface area contributed by atoms with Gasteiger partial charge in [0.25, 0.3) is 0 Å². The fourth-order valence-corrected chi connectivity index (χ4v) is 11.0. The van der Waals surface area contributed by atoms with Crippen molar-refractivity contribution in [2.75, 3.05) is 9.80 Å². The van der Waals surface area contributed by atoms with Crippen molar-refractivity contribution in [2.24, 2.45) is 0 Å². The lowest BCUT2D eigenvalue weighted by Crippen LogP contribution is -2.10. The van der Waals surface area contributed by atoms with Crippen LogP contribution in [0.25, 0.3) is 86.2 Å². The average Bonchev–Trinajstić information content (AvgIpc) is 3.41. The van der Waals surface area contributed by atoms with Crippen LogP contribution in [0.15, 0.2) is 231 Å². The molecule has 0 aliphatic rings. The van der Waals surface area contributed by atoms with Gasteiger partial charge in [0.1, 0.15) is 0 Å². The molecule has 13 rings (SSSR count). The summed E-state index contributed by atoms with van der Waals surface area (Å²) < 4.78 is 0. The van der Waals surface area contributed by atoms with Crippen LogP contribution in [0.1, 0.15) is 25.0 Å². The minimum absolute atomic E-state index is 0.976. The van der Waals surface area contributed by atoms with Gasteiger partial charge in [-0.1, -0.05) is 159 Å². The molecule has 0 radical (unpaired) electrons. The van der Waals surface area contributed by atoms with E-state index < -0.39 is 0 Å². The molecule has 2 nitrogen and oxygen atoms in total. The third kappa shape index (κ3) is 6.55. The van der Waals surface area contributed by atoms with E-state index in [0.717, 1.165) is 47.0 Å². The second-order valence-electron chi connectivity index (χ2n) is 18.3. The van der Waals surface area contributed by atoms with Crippen molar-refractivity contribution in [1.82, 2.24) is 0 Å². The van der Waals surface area contributed by atoms with Crippen LogP contribution in [0.5, 0.6) is 0 Å². The van der Waals surface area contributed by atoms with Crippen molar-refractivity contribution in [3.8, 4) is 0 Å². The van der Waals surface area contributed by atoms with E-state index in [1.807, 2.05) is 0 Å². The zero-order valence-corrected chi connectivity index (χ0v) is 38.2. The number of hydrogen-bond acceptors (Lipinski definition) is 2. The highest BCUT2D eigenvalue weighted by molar-refractivity contribution is 6.33. The zero-order chi connectivity index (χ0) is 45.3. The minimum atomic E-state index is 0.976. The molecule has 0 bridgehead atoms. The summed E-state index contributed by atoms with van der Waals surface area (Å²) in [6, 6.07) is 86.2. The van der Waals surface area contributed by atoms with Crippen LogP contribution in [0.4, 0.5) is 34.1 Å². The van der Waals surface area contributed by atoms with Crippen LogP contribution in [-0.2, 0) is 12.8 Å². The van der Waals surface area contributed by atoms with Crippen molar-refractivity contribution in [3.63, 3.8) is 0 Å². The number of rotatable bonds is 8. The van der Waals surface area contributed by atoms with Gasteiger partial charge >= 0.3 is 0 Å². The van der Waals surface area contributed by atoms with Crippen molar-refractivity contribution >= 4 is 120 Å². The number of benzene rings is 13. The van der Waals surface area contributed by atoms with E-state index in [-0.39, 0.29) is 0 Å². The highest BCUT2D eigenvalue weighted by atomic mass is 15.1. The fraction of sp³-hybridized carbons (Fsp3) is 0.0606. The van der Waals surface area contributed by atoms with Crippen LogP contribution in [0.3, 0.4) is 0 Å². The monoisotopic (exact) mass is 868 g/mol. The van der Waals surface area contributed by atoms with Crippen molar-refractivity contribution in [1.29, 1.82) is 0 Å². The highest BCUT2D eigenvalue weighted by Crippen LogP contribution is 2.46. The number of anilines is 6. The molecule has 2 heteroatoms. The normalized spacial score (nSPS) is 11.8. The zero-order valence-electron chi connectivity index (χ0n) is 38.2. The Balaban J connectivity index is 1.04. The van der Waals surface area contributed by atoms with Crippen molar-refractivity contribution < 1.29 is 0 Å². The lowest BCUT2D eigenvalue weighted by atomic mass is 9.88. The molecule has 0 unspecified atom stereocenters. The molecule has 0 saturated heterocycles. The van der Waals surface area contributed by atoms with Crippen LogP contribution in [0.2, 0.25) is 0 Å². The molecule has 13 aromatic rings. The van der Waals surface area contributed by atoms with Crippen LogP contribution < -0.4 is 9.80 Å². The predicted molar refractivity (Wildman–Crippen MR) is 295 cm³/mol. The third-order valence-electron chi connectivity index (χ3n) is 14.4. The molecule has 0 aromatic heterocycles. The first-order valence-electron chi connectivity index (χ1n) is 24.0. The molecule has 0 fully saturated rings. The largest absolute Gasteiger partial charge is 0.310 e. The first kappa shape index (κ1) is 39.9. The average molecular weight is 869 g/mol. The van der Waals surface area contributed by atoms with Gasteiger partial charge in [-0.25, -0.2) is 0 Å². The lowest BCUT2D eigenvalue weighted by molar-refractivity contribution is 1.13. The standard InChI is InChI=1S/C66H48N2/c1-3-43-15-13-21-49(35-43)67(51-29-27-45-17-5-7-19-47(45)37-51)53-31-33-59-61(39-53)55-23-9-11-25-57(55)63-42-66-60-34-32-54(40-62(60)56-24-10-12-26-58(56)64(66)41-65(59)63)68(50-22-14-16-44(4-2)36-50)52-30-28-46-18-6-8-20-48(46)38-52/h5-42H,3-4H2,1-2H3. The van der Waals surface area contributed by atoms with E-state index in [4.69, 9.17) is 0 Å². The molecule has 0 N–H and O–H groups in total. The number of nitrogens with zero attached hydrogens (tertiary/aromatic N) is 2. The molecule has 0 aliphatic heterocycles. The van der Waals surface area contributed by atoms with Gasteiger partial charge in [0.05, 0.1) is 0 Å². The second-order valence-corrected chi connectivity index (χ2v) is 18.3. The summed E-state index contributed by atoms with van der Waals surface area (Å²) in [5, 5.41) is 20.0. The lowest BCUT2D eigenvalue weighted by Gasteiger charge is -2.27. The highest BCUT2D eigenvalue weighted by Gasteiger charge is 2.20. The van der Waals surface area contributed by atoms with E-state index in [2.05, 4.69) is 254 Å². The Kier molecular flexibility index (Phi) is 9.47. The predicted octanol–water partition coefficient (Wildman–Crippen LogP) is 19.0. The summed E-state index contributed by atoms with van der Waals surface area (Å²) in [6.07, 6.45) is 1.95. The Bertz CT molecular complexity index is 3880. The molecule has 0 spiro atoms. The van der Waals surface area contributed by atoms with Gasteiger partial charge in [-0.05, 0) is 195 Å². The van der Waals surface area contributed by atoms with Gasteiger partial charge in [-0.15, -0.1) is 0 Å². The quantitative estimate of drug-likeness (QED) is 0.111. The number of hydrogen-bond donors (Lipinski definition) is 0. The molecule has 0 saturated carbocycles. The van der Waals surface area contributed by atoms with Crippen molar-refractivity contribution in [2.45, 2.75) is 26.7 Å². The Morgan fingerprint density at radius 1 is 0.221 bits per heavy atom. The first-order chi connectivity index (χ1) is 33.6. The molecular formula is C66H48N2. The van der Waals surface area contributed by atoms with Gasteiger partial charge in [0.2, 0.25) is 0 Å². The maximum atomic E-state index is 2.48. The molecule has 0 atom stereocenters. The van der Waals surface area contributed by atoms with E-state index in [9.17, 15) is 0 Å². The Morgan fingerprint density at radius 3 is 0.926 bits per heavy atom. The molecule has 13 aromatic carbocycles. The van der Waals surface area contributed by atoms with Crippen LogP contribution >= 0.6 is 0 Å². The molecule has 0 heterocycles. The summed E-state index contributed by atoms with van der Waals surface area (Å²) in [5.74, 6) is 0. The van der Waals surface area contributed by atoms with Gasteiger partial charge in [0, 0.05) is 34.1 Å². The SMILES string of the molecule is CCc1cccc(N(c2ccc3ccccc3c2)c2ccc3c(c2)c2ccccc2c2cc4c5ccc(N(c6cccc(CC)c6)c6ccc7ccccc7c6)cc5c5ccccc5c4cc32)c1. The Morgan fingerprint density at radius 2 is 0.529 bits per heavy atom. The third-order valence-corrected chi connectivity index (χ3v) is 14.4. The summed E-state index contributed by atoms with van der Waals surface area (Å²) >= 11 is 0.